The summed E-state index contributed by atoms with van der Waals surface area (Å²) in [5.41, 5.74) is 6.70. The highest BCUT2D eigenvalue weighted by atomic mass is 32.2. The number of nitrogens with one attached hydrogen (secondary N) is 1. The van der Waals surface area contributed by atoms with E-state index in [1.807, 2.05) is 48.4 Å². The maximum Gasteiger partial charge on any atom is 0.338 e. The third-order valence-corrected chi connectivity index (χ3v) is 7.92. The fourth-order valence-electron chi connectivity index (χ4n) is 5.38. The van der Waals surface area contributed by atoms with Crippen LogP contribution >= 0.6 is 11.8 Å². The second-order valence-electron chi connectivity index (χ2n) is 9.40. The summed E-state index contributed by atoms with van der Waals surface area (Å²) in [4.78, 5) is 33.2. The zero-order valence-corrected chi connectivity index (χ0v) is 21.7. The number of amidine groups is 1. The van der Waals surface area contributed by atoms with Gasteiger partial charge in [0, 0.05) is 5.70 Å². The molecule has 2 unspecified atom stereocenters. The molecule has 2 aromatic carbocycles. The first-order valence-corrected chi connectivity index (χ1v) is 13.4. The molecule has 1 N–H and O–H groups in total. The van der Waals surface area contributed by atoms with Gasteiger partial charge in [0.25, 0.3) is 0 Å². The number of aryl methyl sites for hydroxylation is 2. The van der Waals surface area contributed by atoms with Gasteiger partial charge in [0.15, 0.2) is 5.17 Å². The maximum atomic E-state index is 13.3. The maximum absolute atomic E-state index is 13.3. The molecule has 2 aliphatic heterocycles. The highest BCUT2D eigenvalue weighted by molar-refractivity contribution is 8.16. The summed E-state index contributed by atoms with van der Waals surface area (Å²) >= 11 is 1.50. The summed E-state index contributed by atoms with van der Waals surface area (Å²) < 4.78 is 5.20. The topological polar surface area (TPSA) is 71.0 Å². The summed E-state index contributed by atoms with van der Waals surface area (Å²) in [6, 6.07) is 16.1. The predicted molar refractivity (Wildman–Crippen MR) is 143 cm³/mol. The van der Waals surface area contributed by atoms with E-state index in [-0.39, 0.29) is 24.3 Å². The van der Waals surface area contributed by atoms with Crippen LogP contribution in [-0.4, -0.2) is 29.1 Å². The lowest BCUT2D eigenvalue weighted by atomic mass is 9.87. The predicted octanol–water partition coefficient (Wildman–Crippen LogP) is 5.72. The van der Waals surface area contributed by atoms with Gasteiger partial charge in [0.05, 0.1) is 36.9 Å². The number of aliphatic imine (C=N–C) groups is 1. The number of hydrogen-bond donors (Lipinski definition) is 1. The Morgan fingerprint density at radius 1 is 1.19 bits per heavy atom. The first-order valence-electron chi connectivity index (χ1n) is 12.5. The number of carbonyl (C=O) groups excluding carboxylic acids is 2. The quantitative estimate of drug-likeness (QED) is 0.513. The van der Waals surface area contributed by atoms with E-state index in [1.165, 1.54) is 30.0 Å². The number of fused-ring (bicyclic) bond motifs is 2. The molecule has 36 heavy (non-hydrogen) atoms. The van der Waals surface area contributed by atoms with Crippen molar-refractivity contribution in [3.8, 4) is 0 Å². The SMILES string of the molecule is CCC1=C(C(=O)OC)C(c2cccc(C)c2)N2C(CC(=O)NC3CCCc4ccccc43)=CSC2=N1. The third kappa shape index (κ3) is 4.60. The number of esters is 1. The Hall–Kier alpha value is -3.32. The highest BCUT2D eigenvalue weighted by Gasteiger charge is 2.41. The minimum absolute atomic E-state index is 0.0244. The number of allylic oxidation sites excluding steroid dienone is 1. The number of carbonyl (C=O) groups is 2. The summed E-state index contributed by atoms with van der Waals surface area (Å²) in [6.45, 7) is 4.03. The first kappa shape index (κ1) is 24.4. The Balaban J connectivity index is 1.44. The number of benzene rings is 2. The second kappa shape index (κ2) is 10.3. The van der Waals surface area contributed by atoms with Gasteiger partial charge in [0.2, 0.25) is 5.91 Å². The molecule has 1 aliphatic carbocycles. The van der Waals surface area contributed by atoms with E-state index in [2.05, 4.69) is 29.6 Å². The third-order valence-electron chi connectivity index (χ3n) is 7.03. The minimum Gasteiger partial charge on any atom is -0.466 e. The van der Waals surface area contributed by atoms with Crippen LogP contribution in [0.1, 0.15) is 66.9 Å². The molecule has 5 rings (SSSR count). The van der Waals surface area contributed by atoms with Crippen molar-refractivity contribution in [3.63, 3.8) is 0 Å². The lowest BCUT2D eigenvalue weighted by molar-refractivity contribution is -0.136. The largest absolute Gasteiger partial charge is 0.466 e. The van der Waals surface area contributed by atoms with Crippen LogP contribution in [0, 0.1) is 6.92 Å². The Morgan fingerprint density at radius 2 is 2.03 bits per heavy atom. The molecule has 0 saturated heterocycles. The molecule has 3 aliphatic rings. The number of methoxy groups -OCH3 is 1. The van der Waals surface area contributed by atoms with Gasteiger partial charge in [0.1, 0.15) is 0 Å². The monoisotopic (exact) mass is 501 g/mol. The van der Waals surface area contributed by atoms with Crippen molar-refractivity contribution in [2.45, 2.75) is 58.0 Å². The molecule has 0 spiro atoms. The average Bonchev–Trinajstić information content (AvgIpc) is 3.29. The van der Waals surface area contributed by atoms with Crippen molar-refractivity contribution in [3.05, 3.63) is 93.2 Å². The fraction of sp³-hybridized carbons (Fsp3) is 0.345. The summed E-state index contributed by atoms with van der Waals surface area (Å²) in [7, 11) is 1.40. The number of nitrogens with zero attached hydrogens (tertiary/aromatic N) is 2. The molecule has 0 radical (unpaired) electrons. The number of ether oxygens (including phenoxy) is 1. The van der Waals surface area contributed by atoms with E-state index in [0.29, 0.717) is 12.0 Å². The van der Waals surface area contributed by atoms with Crippen LogP contribution in [0.5, 0.6) is 0 Å². The lowest BCUT2D eigenvalue weighted by Gasteiger charge is -2.37. The van der Waals surface area contributed by atoms with Crippen molar-refractivity contribution >= 4 is 28.8 Å². The molecular weight excluding hydrogens is 470 g/mol. The molecule has 186 valence electrons. The van der Waals surface area contributed by atoms with Gasteiger partial charge in [-0.2, -0.15) is 0 Å². The molecule has 0 bridgehead atoms. The first-order chi connectivity index (χ1) is 17.5. The molecule has 6 nitrogen and oxygen atoms in total. The normalized spacial score (nSPS) is 20.8. The van der Waals surface area contributed by atoms with E-state index >= 15 is 0 Å². The molecule has 0 fully saturated rings. The summed E-state index contributed by atoms with van der Waals surface area (Å²) in [5.74, 6) is -0.418. The molecular formula is C29H31N3O3S. The zero-order chi connectivity index (χ0) is 25.2. The summed E-state index contributed by atoms with van der Waals surface area (Å²) in [5, 5.41) is 6.05. The molecule has 7 heteroatoms. The van der Waals surface area contributed by atoms with Crippen LogP contribution in [0.15, 0.2) is 75.9 Å². The van der Waals surface area contributed by atoms with Crippen molar-refractivity contribution in [2.75, 3.05) is 7.11 Å². The number of amides is 1. The molecule has 2 atom stereocenters. The molecule has 2 aromatic rings. The van der Waals surface area contributed by atoms with E-state index in [4.69, 9.17) is 9.73 Å². The van der Waals surface area contributed by atoms with Crippen LogP contribution in [0.25, 0.3) is 0 Å². The van der Waals surface area contributed by atoms with Crippen LogP contribution in [0.4, 0.5) is 0 Å². The average molecular weight is 502 g/mol. The second-order valence-corrected chi connectivity index (χ2v) is 10.2. The lowest BCUT2D eigenvalue weighted by Crippen LogP contribution is -2.38. The summed E-state index contributed by atoms with van der Waals surface area (Å²) in [6.07, 6.45) is 3.88. The van der Waals surface area contributed by atoms with Gasteiger partial charge < -0.3 is 15.0 Å². The number of rotatable bonds is 6. The van der Waals surface area contributed by atoms with Gasteiger partial charge in [-0.05, 0) is 54.7 Å². The fourth-order valence-corrected chi connectivity index (χ4v) is 6.32. The standard InChI is InChI=1S/C29H31N3O3S/c1-4-23-26(28(34)35-3)27(20-12-7-9-18(2)15-20)32-21(17-36-29(32)31-23)16-25(33)30-24-14-8-11-19-10-5-6-13-22(19)24/h5-7,9-10,12-13,15,17,24,27H,4,8,11,14,16H2,1-3H3,(H,30,33). The zero-order valence-electron chi connectivity index (χ0n) is 20.9. The van der Waals surface area contributed by atoms with E-state index in [0.717, 1.165) is 47.0 Å². The van der Waals surface area contributed by atoms with Crippen LogP contribution < -0.4 is 5.32 Å². The smallest absolute Gasteiger partial charge is 0.338 e. The van der Waals surface area contributed by atoms with Gasteiger partial charge in [-0.3, -0.25) is 4.79 Å². The molecule has 1 amide bonds. The van der Waals surface area contributed by atoms with Crippen molar-refractivity contribution in [1.29, 1.82) is 0 Å². The van der Waals surface area contributed by atoms with E-state index in [9.17, 15) is 9.59 Å². The van der Waals surface area contributed by atoms with Crippen LogP contribution in [-0.2, 0) is 20.7 Å². The molecule has 0 saturated carbocycles. The highest BCUT2D eigenvalue weighted by Crippen LogP contribution is 2.45. The van der Waals surface area contributed by atoms with Gasteiger partial charge >= 0.3 is 5.97 Å². The molecule has 2 heterocycles. The Labute approximate surface area is 216 Å². The van der Waals surface area contributed by atoms with Crippen LogP contribution in [0.3, 0.4) is 0 Å². The Bertz CT molecular complexity index is 1300. The van der Waals surface area contributed by atoms with Gasteiger partial charge in [-0.15, -0.1) is 0 Å². The van der Waals surface area contributed by atoms with E-state index in [1.54, 1.807) is 0 Å². The van der Waals surface area contributed by atoms with Gasteiger partial charge in [-0.1, -0.05) is 72.8 Å². The molecule has 0 aromatic heterocycles. The van der Waals surface area contributed by atoms with Crippen molar-refractivity contribution in [2.24, 2.45) is 4.99 Å². The Morgan fingerprint density at radius 3 is 2.81 bits per heavy atom. The van der Waals surface area contributed by atoms with Crippen molar-refractivity contribution < 1.29 is 14.3 Å². The number of thioether (sulfide) groups is 1. The van der Waals surface area contributed by atoms with Crippen molar-refractivity contribution in [1.82, 2.24) is 10.2 Å². The van der Waals surface area contributed by atoms with Gasteiger partial charge in [-0.25, -0.2) is 9.79 Å². The Kier molecular flexibility index (Phi) is 7.01. The van der Waals surface area contributed by atoms with E-state index < -0.39 is 6.04 Å². The number of hydrogen-bond acceptors (Lipinski definition) is 6. The minimum atomic E-state index is -0.399. The van der Waals surface area contributed by atoms with Crippen LogP contribution in [0.2, 0.25) is 0 Å².